The van der Waals surface area contributed by atoms with Gasteiger partial charge in [-0.2, -0.15) is 5.10 Å². The Labute approximate surface area is 204 Å². The molecule has 172 valence electrons. The summed E-state index contributed by atoms with van der Waals surface area (Å²) in [6.07, 6.45) is 1.48. The monoisotopic (exact) mass is 472 g/mol. The fourth-order valence-electron chi connectivity index (χ4n) is 3.60. The molecule has 0 unspecified atom stereocenters. The third-order valence-electron chi connectivity index (χ3n) is 5.35. The number of carbonyl (C=O) groups is 1. The van der Waals surface area contributed by atoms with E-state index in [0.29, 0.717) is 16.3 Å². The van der Waals surface area contributed by atoms with E-state index in [-0.39, 0.29) is 6.61 Å². The van der Waals surface area contributed by atoms with E-state index < -0.39 is 5.97 Å². The maximum Gasteiger partial charge on any atom is 0.331 e. The number of halogens is 1. The summed E-state index contributed by atoms with van der Waals surface area (Å²) < 4.78 is 12.4. The normalized spacial score (nSPS) is 11.4. The zero-order valence-electron chi connectivity index (χ0n) is 19.3. The summed E-state index contributed by atoms with van der Waals surface area (Å²) in [7, 11) is 1.64. The van der Waals surface area contributed by atoms with Gasteiger partial charge in [0.25, 0.3) is 0 Å². The fraction of sp³-hybridized carbons (Fsp3) is 0.143. The molecule has 0 atom stereocenters. The molecule has 4 rings (SSSR count). The summed E-state index contributed by atoms with van der Waals surface area (Å²) in [5, 5.41) is 5.53. The first-order valence-corrected chi connectivity index (χ1v) is 11.3. The number of hydrogen-bond donors (Lipinski definition) is 0. The number of nitrogens with zero attached hydrogens (tertiary/aromatic N) is 2. The van der Waals surface area contributed by atoms with Crippen LogP contribution >= 0.6 is 11.6 Å². The van der Waals surface area contributed by atoms with Crippen molar-refractivity contribution in [2.45, 2.75) is 13.8 Å². The first-order chi connectivity index (χ1) is 16.5. The third kappa shape index (κ3) is 5.21. The van der Waals surface area contributed by atoms with E-state index in [1.54, 1.807) is 26.2 Å². The molecule has 5 nitrogen and oxygen atoms in total. The smallest absolute Gasteiger partial charge is 0.331 e. The summed E-state index contributed by atoms with van der Waals surface area (Å²) in [5.74, 6) is 0.334. The number of rotatable bonds is 7. The van der Waals surface area contributed by atoms with Crippen LogP contribution in [0.2, 0.25) is 5.02 Å². The number of hydrogen-bond acceptors (Lipinski definition) is 4. The van der Waals surface area contributed by atoms with Gasteiger partial charge >= 0.3 is 5.97 Å². The van der Waals surface area contributed by atoms with Gasteiger partial charge in [-0.1, -0.05) is 53.6 Å². The molecule has 0 saturated heterocycles. The van der Waals surface area contributed by atoms with E-state index in [0.717, 1.165) is 28.3 Å². The van der Waals surface area contributed by atoms with Gasteiger partial charge in [0.2, 0.25) is 0 Å². The molecule has 0 amide bonds. The highest BCUT2D eigenvalue weighted by atomic mass is 35.5. The Hall–Kier alpha value is -3.83. The number of aryl methyl sites for hydroxylation is 1. The number of ether oxygens (including phenoxy) is 2. The summed E-state index contributed by atoms with van der Waals surface area (Å²) in [5.41, 5.74) is 6.04. The molecular weight excluding hydrogens is 448 g/mol. The standard InChI is InChI=1S/C28H25ClN2O3/c1-4-34-28(32)17-25(20-9-11-22(29)12-10-20)26-18-27(21-7-5-19(2)6-8-21)31(30-26)23-13-15-24(33-3)16-14-23/h5-18H,4H2,1-3H3/b25-17-. The number of methoxy groups -OCH3 is 1. The number of esters is 1. The van der Waals surface area contributed by atoms with E-state index in [4.69, 9.17) is 26.2 Å². The summed E-state index contributed by atoms with van der Waals surface area (Å²) in [6, 6.07) is 25.2. The van der Waals surface area contributed by atoms with Gasteiger partial charge in [-0.25, -0.2) is 9.48 Å². The molecule has 3 aromatic carbocycles. The molecular formula is C28H25ClN2O3. The minimum atomic E-state index is -0.427. The first kappa shape index (κ1) is 23.3. The van der Waals surface area contributed by atoms with Crippen LogP contribution in [0.4, 0.5) is 0 Å². The van der Waals surface area contributed by atoms with Crippen LogP contribution in [-0.4, -0.2) is 29.5 Å². The van der Waals surface area contributed by atoms with Crippen LogP contribution in [0.3, 0.4) is 0 Å². The second kappa shape index (κ2) is 10.4. The Morgan fingerprint density at radius 2 is 1.68 bits per heavy atom. The molecule has 0 radical (unpaired) electrons. The molecule has 0 spiro atoms. The van der Waals surface area contributed by atoms with Crippen LogP contribution in [0.5, 0.6) is 5.75 Å². The zero-order valence-corrected chi connectivity index (χ0v) is 20.0. The van der Waals surface area contributed by atoms with Crippen LogP contribution in [0.15, 0.2) is 84.9 Å². The fourth-order valence-corrected chi connectivity index (χ4v) is 3.73. The maximum atomic E-state index is 12.4. The lowest BCUT2D eigenvalue weighted by atomic mass is 10.0. The molecule has 0 bridgehead atoms. The van der Waals surface area contributed by atoms with Crippen molar-refractivity contribution in [1.82, 2.24) is 9.78 Å². The van der Waals surface area contributed by atoms with Crippen molar-refractivity contribution in [3.63, 3.8) is 0 Å². The second-order valence-electron chi connectivity index (χ2n) is 7.71. The molecule has 0 fully saturated rings. The molecule has 0 N–H and O–H groups in total. The largest absolute Gasteiger partial charge is 0.497 e. The summed E-state index contributed by atoms with van der Waals surface area (Å²) in [6.45, 7) is 4.12. The Bertz CT molecular complexity index is 1310. The van der Waals surface area contributed by atoms with Gasteiger partial charge in [-0.3, -0.25) is 0 Å². The second-order valence-corrected chi connectivity index (χ2v) is 8.14. The van der Waals surface area contributed by atoms with E-state index in [1.165, 1.54) is 11.6 Å². The Morgan fingerprint density at radius 1 is 1.00 bits per heavy atom. The Balaban J connectivity index is 1.90. The molecule has 34 heavy (non-hydrogen) atoms. The predicted octanol–water partition coefficient (Wildman–Crippen LogP) is 6.50. The van der Waals surface area contributed by atoms with Gasteiger partial charge in [0.1, 0.15) is 5.75 Å². The highest BCUT2D eigenvalue weighted by molar-refractivity contribution is 6.30. The van der Waals surface area contributed by atoms with Crippen LogP contribution in [0.1, 0.15) is 23.7 Å². The average Bonchev–Trinajstić information content (AvgIpc) is 3.29. The summed E-state index contributed by atoms with van der Waals surface area (Å²) >= 11 is 6.10. The minimum Gasteiger partial charge on any atom is -0.497 e. The molecule has 0 saturated carbocycles. The average molecular weight is 473 g/mol. The van der Waals surface area contributed by atoms with Crippen molar-refractivity contribution in [2.75, 3.05) is 13.7 Å². The van der Waals surface area contributed by atoms with E-state index in [1.807, 2.05) is 47.1 Å². The Morgan fingerprint density at radius 3 is 2.29 bits per heavy atom. The van der Waals surface area contributed by atoms with Crippen molar-refractivity contribution in [3.05, 3.63) is 107 Å². The minimum absolute atomic E-state index is 0.290. The summed E-state index contributed by atoms with van der Waals surface area (Å²) in [4.78, 5) is 12.4. The van der Waals surface area contributed by atoms with Gasteiger partial charge in [0.05, 0.1) is 30.8 Å². The van der Waals surface area contributed by atoms with Crippen molar-refractivity contribution in [1.29, 1.82) is 0 Å². The SMILES string of the molecule is CCOC(=O)/C=C(/c1ccc(Cl)cc1)c1cc(-c2ccc(C)cc2)n(-c2ccc(OC)cc2)n1. The van der Waals surface area contributed by atoms with E-state index >= 15 is 0 Å². The first-order valence-electron chi connectivity index (χ1n) is 10.9. The predicted molar refractivity (Wildman–Crippen MR) is 135 cm³/mol. The van der Waals surface area contributed by atoms with Gasteiger partial charge in [0.15, 0.2) is 0 Å². The maximum absolute atomic E-state index is 12.4. The molecule has 4 aromatic rings. The number of benzene rings is 3. The van der Waals surface area contributed by atoms with Crippen LogP contribution in [0.25, 0.3) is 22.5 Å². The molecule has 0 aliphatic carbocycles. The molecule has 1 heterocycles. The van der Waals surface area contributed by atoms with Gasteiger partial charge in [0, 0.05) is 22.2 Å². The number of carbonyl (C=O) groups excluding carboxylic acids is 1. The lowest BCUT2D eigenvalue weighted by Crippen LogP contribution is -2.03. The molecule has 6 heteroatoms. The lowest BCUT2D eigenvalue weighted by molar-refractivity contribution is -0.137. The van der Waals surface area contributed by atoms with Crippen LogP contribution in [0, 0.1) is 6.92 Å². The van der Waals surface area contributed by atoms with Gasteiger partial charge in [-0.15, -0.1) is 0 Å². The highest BCUT2D eigenvalue weighted by Crippen LogP contribution is 2.31. The molecule has 1 aromatic heterocycles. The Kier molecular flexibility index (Phi) is 7.14. The van der Waals surface area contributed by atoms with Crippen molar-refractivity contribution < 1.29 is 14.3 Å². The van der Waals surface area contributed by atoms with Crippen molar-refractivity contribution in [3.8, 4) is 22.7 Å². The van der Waals surface area contributed by atoms with Crippen molar-refractivity contribution in [2.24, 2.45) is 0 Å². The molecule has 0 aliphatic rings. The highest BCUT2D eigenvalue weighted by Gasteiger charge is 2.17. The zero-order chi connectivity index (χ0) is 24.1. The van der Waals surface area contributed by atoms with E-state index in [9.17, 15) is 4.79 Å². The molecule has 0 aliphatic heterocycles. The van der Waals surface area contributed by atoms with Crippen molar-refractivity contribution >= 4 is 23.1 Å². The van der Waals surface area contributed by atoms with Crippen LogP contribution in [-0.2, 0) is 9.53 Å². The lowest BCUT2D eigenvalue weighted by Gasteiger charge is -2.09. The van der Waals surface area contributed by atoms with Gasteiger partial charge in [-0.05, 0) is 61.9 Å². The quantitative estimate of drug-likeness (QED) is 0.227. The third-order valence-corrected chi connectivity index (χ3v) is 5.61. The van der Waals surface area contributed by atoms with Crippen LogP contribution < -0.4 is 4.74 Å². The van der Waals surface area contributed by atoms with E-state index in [2.05, 4.69) is 31.2 Å². The number of aromatic nitrogens is 2. The van der Waals surface area contributed by atoms with Gasteiger partial charge < -0.3 is 9.47 Å². The topological polar surface area (TPSA) is 53.4 Å².